The second-order valence-corrected chi connectivity index (χ2v) is 10.2. The normalized spacial score (nSPS) is 20.9. The predicted octanol–water partition coefficient (Wildman–Crippen LogP) is 4.85. The molecule has 1 unspecified atom stereocenters. The summed E-state index contributed by atoms with van der Waals surface area (Å²) in [5, 5.41) is 15.1. The third-order valence-electron chi connectivity index (χ3n) is 4.17. The van der Waals surface area contributed by atoms with Gasteiger partial charge in [0.15, 0.2) is 0 Å². The van der Waals surface area contributed by atoms with Gasteiger partial charge in [-0.15, -0.1) is 0 Å². The fraction of sp³-hybridized carbons (Fsp3) is 0.250. The van der Waals surface area contributed by atoms with Gasteiger partial charge in [-0.3, -0.25) is 14.9 Å². The van der Waals surface area contributed by atoms with E-state index in [9.17, 15) is 14.9 Å². The Hall–Kier alpha value is -1.71. The lowest BCUT2D eigenvalue weighted by Crippen LogP contribution is -2.29. The summed E-state index contributed by atoms with van der Waals surface area (Å²) < 4.78 is 5.18. The average Bonchev–Trinajstić information content (AvgIpc) is 2.91. The van der Waals surface area contributed by atoms with Crippen LogP contribution in [0.25, 0.3) is 11.3 Å². The molecule has 2 aromatic rings. The standard InChI is InChI=1S/C16H12Br2ClN3O4/c1-15(8-16(15,17)18)14(23)21-20-7-10-3-5-13(26-10)11-6-9(22(24)25)2-4-12(11)19/h2-7H,8H2,1H3,(H,21,23)/b20-7-. The van der Waals surface area contributed by atoms with E-state index in [2.05, 4.69) is 42.4 Å². The van der Waals surface area contributed by atoms with Gasteiger partial charge in [0.1, 0.15) is 11.5 Å². The Bertz CT molecular complexity index is 928. The molecule has 0 spiro atoms. The maximum absolute atomic E-state index is 12.1. The van der Waals surface area contributed by atoms with Crippen molar-refractivity contribution in [3.63, 3.8) is 0 Å². The lowest BCUT2D eigenvalue weighted by molar-refractivity contribution is -0.384. The number of hydrogen-bond donors (Lipinski definition) is 1. The summed E-state index contributed by atoms with van der Waals surface area (Å²) in [5.41, 5.74) is 2.21. The molecule has 26 heavy (non-hydrogen) atoms. The third kappa shape index (κ3) is 3.56. The van der Waals surface area contributed by atoms with Crippen molar-refractivity contribution < 1.29 is 14.1 Å². The zero-order valence-electron chi connectivity index (χ0n) is 13.3. The van der Waals surface area contributed by atoms with Crippen molar-refractivity contribution >= 4 is 61.3 Å². The van der Waals surface area contributed by atoms with Crippen molar-refractivity contribution in [2.24, 2.45) is 10.5 Å². The Balaban J connectivity index is 1.72. The van der Waals surface area contributed by atoms with Crippen LogP contribution in [0.15, 0.2) is 39.9 Å². The van der Waals surface area contributed by atoms with Crippen LogP contribution >= 0.6 is 43.5 Å². The zero-order valence-corrected chi connectivity index (χ0v) is 17.3. The summed E-state index contributed by atoms with van der Waals surface area (Å²) in [6.45, 7) is 1.82. The Kier molecular flexibility index (Phi) is 4.98. The van der Waals surface area contributed by atoms with Crippen LogP contribution < -0.4 is 5.43 Å². The highest BCUT2D eigenvalue weighted by Gasteiger charge is 2.66. The molecule has 1 heterocycles. The monoisotopic (exact) mass is 503 g/mol. The summed E-state index contributed by atoms with van der Waals surface area (Å²) in [6, 6.07) is 7.34. The van der Waals surface area contributed by atoms with Gasteiger partial charge in [0.05, 0.1) is 24.8 Å². The van der Waals surface area contributed by atoms with Crippen molar-refractivity contribution in [3.05, 3.63) is 51.2 Å². The molecule has 1 amide bonds. The summed E-state index contributed by atoms with van der Waals surface area (Å²) in [5.74, 6) is 0.504. The lowest BCUT2D eigenvalue weighted by Gasteiger charge is -2.09. The van der Waals surface area contributed by atoms with Crippen molar-refractivity contribution in [2.75, 3.05) is 0 Å². The molecule has 7 nitrogen and oxygen atoms in total. The second kappa shape index (κ2) is 6.79. The molecule has 1 atom stereocenters. The number of amides is 1. The van der Waals surface area contributed by atoms with E-state index >= 15 is 0 Å². The number of alkyl halides is 2. The van der Waals surface area contributed by atoms with Crippen molar-refractivity contribution in [2.45, 2.75) is 16.6 Å². The Morgan fingerprint density at radius 2 is 2.12 bits per heavy atom. The van der Waals surface area contributed by atoms with Gasteiger partial charge in [0, 0.05) is 17.7 Å². The predicted molar refractivity (Wildman–Crippen MR) is 105 cm³/mol. The number of nitrogens with zero attached hydrogens (tertiary/aromatic N) is 2. The number of nitro groups is 1. The molecule has 1 saturated carbocycles. The van der Waals surface area contributed by atoms with Crippen LogP contribution in [0.3, 0.4) is 0 Å². The zero-order chi connectivity index (χ0) is 19.1. The molecule has 1 aliphatic carbocycles. The smallest absolute Gasteiger partial charge is 0.270 e. The number of carbonyl (C=O) groups is 1. The number of halogens is 3. The number of nitrogens with one attached hydrogen (secondary N) is 1. The largest absolute Gasteiger partial charge is 0.455 e. The first kappa shape index (κ1) is 19.1. The minimum Gasteiger partial charge on any atom is -0.455 e. The summed E-state index contributed by atoms with van der Waals surface area (Å²) in [7, 11) is 0. The highest BCUT2D eigenvalue weighted by molar-refractivity contribution is 9.25. The van der Waals surface area contributed by atoms with Crippen molar-refractivity contribution in [1.29, 1.82) is 0 Å². The van der Waals surface area contributed by atoms with E-state index in [0.29, 0.717) is 28.5 Å². The first-order valence-corrected chi connectivity index (χ1v) is 9.36. The topological polar surface area (TPSA) is 97.7 Å². The van der Waals surface area contributed by atoms with E-state index < -0.39 is 13.6 Å². The molecule has 1 aromatic carbocycles. The summed E-state index contributed by atoms with van der Waals surface area (Å²) in [6.07, 6.45) is 2.00. The van der Waals surface area contributed by atoms with Crippen LogP contribution in [-0.2, 0) is 4.79 Å². The molecule has 136 valence electrons. The molecule has 0 radical (unpaired) electrons. The summed E-state index contributed by atoms with van der Waals surface area (Å²) in [4.78, 5) is 22.5. The van der Waals surface area contributed by atoms with E-state index in [1.165, 1.54) is 24.4 Å². The SMILES string of the molecule is CC1(C(=O)N/N=C\c2ccc(-c3cc([N+](=O)[O-])ccc3Cl)o2)CC1(Br)Br. The number of carbonyl (C=O) groups excluding carboxylic acids is 1. The first-order chi connectivity index (χ1) is 12.1. The van der Waals surface area contributed by atoms with Crippen LogP contribution in [0.4, 0.5) is 5.69 Å². The van der Waals surface area contributed by atoms with Gasteiger partial charge in [-0.1, -0.05) is 43.5 Å². The minimum absolute atomic E-state index is 0.0889. The van der Waals surface area contributed by atoms with Gasteiger partial charge in [-0.05, 0) is 31.5 Å². The molecule has 10 heteroatoms. The quantitative estimate of drug-likeness (QED) is 0.272. The maximum Gasteiger partial charge on any atom is 0.270 e. The molecule has 0 aliphatic heterocycles. The summed E-state index contributed by atoms with van der Waals surface area (Å²) >= 11 is 12.9. The van der Waals surface area contributed by atoms with Crippen LogP contribution in [0.1, 0.15) is 19.1 Å². The van der Waals surface area contributed by atoms with Gasteiger partial charge >= 0.3 is 0 Å². The lowest BCUT2D eigenvalue weighted by atomic mass is 10.1. The first-order valence-electron chi connectivity index (χ1n) is 7.39. The molecule has 0 saturated heterocycles. The number of nitro benzene ring substituents is 1. The Morgan fingerprint density at radius 1 is 1.42 bits per heavy atom. The molecule has 1 N–H and O–H groups in total. The number of benzene rings is 1. The van der Waals surface area contributed by atoms with Crippen molar-refractivity contribution in [3.8, 4) is 11.3 Å². The molecule has 3 rings (SSSR count). The van der Waals surface area contributed by atoms with E-state index in [0.717, 1.165) is 0 Å². The Morgan fingerprint density at radius 3 is 2.73 bits per heavy atom. The second-order valence-electron chi connectivity index (χ2n) is 6.04. The number of hydrazone groups is 1. The minimum atomic E-state index is -0.574. The molecule has 0 bridgehead atoms. The van der Waals surface area contributed by atoms with E-state index in [1.54, 1.807) is 12.1 Å². The van der Waals surface area contributed by atoms with Crippen LogP contribution in [0, 0.1) is 15.5 Å². The fourth-order valence-electron chi connectivity index (χ4n) is 2.31. The van der Waals surface area contributed by atoms with Gasteiger partial charge < -0.3 is 4.42 Å². The van der Waals surface area contributed by atoms with Crippen molar-refractivity contribution in [1.82, 2.24) is 5.43 Å². The number of hydrogen-bond acceptors (Lipinski definition) is 5. The molecular weight excluding hydrogens is 493 g/mol. The number of non-ortho nitro benzene ring substituents is 1. The van der Waals surface area contributed by atoms with Crippen LogP contribution in [0.2, 0.25) is 5.02 Å². The maximum atomic E-state index is 12.1. The van der Waals surface area contributed by atoms with E-state index in [1.807, 2.05) is 6.92 Å². The van der Waals surface area contributed by atoms with Gasteiger partial charge in [-0.2, -0.15) is 5.10 Å². The Labute approximate surface area is 170 Å². The van der Waals surface area contributed by atoms with E-state index in [-0.39, 0.29) is 11.6 Å². The number of furan rings is 1. The highest BCUT2D eigenvalue weighted by Crippen LogP contribution is 2.66. The average molecular weight is 506 g/mol. The molecular formula is C16H12Br2ClN3O4. The van der Waals surface area contributed by atoms with Crippen LogP contribution in [0.5, 0.6) is 0 Å². The molecule has 1 aromatic heterocycles. The van der Waals surface area contributed by atoms with Gasteiger partial charge in [0.2, 0.25) is 5.91 Å². The number of rotatable bonds is 5. The highest BCUT2D eigenvalue weighted by atomic mass is 79.9. The third-order valence-corrected chi connectivity index (χ3v) is 6.81. The van der Waals surface area contributed by atoms with Gasteiger partial charge in [-0.25, -0.2) is 5.43 Å². The molecule has 1 fully saturated rings. The fourth-order valence-corrected chi connectivity index (χ4v) is 4.00. The van der Waals surface area contributed by atoms with E-state index in [4.69, 9.17) is 16.0 Å². The van der Waals surface area contributed by atoms with Crippen LogP contribution in [-0.4, -0.2) is 20.3 Å². The van der Waals surface area contributed by atoms with Gasteiger partial charge in [0.25, 0.3) is 5.69 Å². The molecule has 1 aliphatic rings.